The van der Waals surface area contributed by atoms with Crippen LogP contribution in [-0.4, -0.2) is 16.5 Å². The standard InChI is InChI=1S/C15H17F2N3/c1-3-5-18-15-13(4-2)14(19-9-20-15)10-6-11(16)8-12(17)7-10/h6-9H,3-5H2,1-2H3,(H,18,19,20). The minimum Gasteiger partial charge on any atom is -0.370 e. The highest BCUT2D eigenvalue weighted by Gasteiger charge is 2.13. The van der Waals surface area contributed by atoms with Crippen LogP contribution in [0.5, 0.6) is 0 Å². The number of hydrogen-bond donors (Lipinski definition) is 1. The predicted octanol–water partition coefficient (Wildman–Crippen LogP) is 3.81. The van der Waals surface area contributed by atoms with Crippen molar-refractivity contribution in [2.75, 3.05) is 11.9 Å². The average molecular weight is 277 g/mol. The third kappa shape index (κ3) is 3.10. The summed E-state index contributed by atoms with van der Waals surface area (Å²) in [5.74, 6) is -0.489. The van der Waals surface area contributed by atoms with E-state index in [0.29, 0.717) is 17.7 Å². The lowest BCUT2D eigenvalue weighted by atomic mass is 10.0. The average Bonchev–Trinajstić information content (AvgIpc) is 2.43. The van der Waals surface area contributed by atoms with Crippen LogP contribution < -0.4 is 5.32 Å². The van der Waals surface area contributed by atoms with E-state index in [9.17, 15) is 8.78 Å². The Hall–Kier alpha value is -2.04. The SMILES string of the molecule is CCCNc1ncnc(-c2cc(F)cc(F)c2)c1CC. The summed E-state index contributed by atoms with van der Waals surface area (Å²) in [7, 11) is 0. The van der Waals surface area contributed by atoms with Gasteiger partial charge in [-0.25, -0.2) is 18.7 Å². The molecule has 0 saturated carbocycles. The number of benzene rings is 1. The molecule has 106 valence electrons. The summed E-state index contributed by atoms with van der Waals surface area (Å²) < 4.78 is 26.7. The van der Waals surface area contributed by atoms with E-state index in [2.05, 4.69) is 22.2 Å². The minimum atomic E-state index is -0.608. The third-order valence-electron chi connectivity index (χ3n) is 2.98. The van der Waals surface area contributed by atoms with Gasteiger partial charge in [-0.05, 0) is 25.0 Å². The van der Waals surface area contributed by atoms with Gasteiger partial charge < -0.3 is 5.32 Å². The maximum Gasteiger partial charge on any atom is 0.133 e. The Morgan fingerprint density at radius 1 is 1.05 bits per heavy atom. The van der Waals surface area contributed by atoms with Crippen molar-refractivity contribution in [3.63, 3.8) is 0 Å². The minimum absolute atomic E-state index is 0.432. The van der Waals surface area contributed by atoms with Crippen molar-refractivity contribution in [1.29, 1.82) is 0 Å². The first kappa shape index (κ1) is 14.4. The molecular formula is C15H17F2N3. The highest BCUT2D eigenvalue weighted by atomic mass is 19.1. The lowest BCUT2D eigenvalue weighted by Gasteiger charge is -2.13. The molecule has 1 aromatic carbocycles. The molecule has 0 aliphatic rings. The van der Waals surface area contributed by atoms with Crippen LogP contribution in [0.25, 0.3) is 11.3 Å². The summed E-state index contributed by atoms with van der Waals surface area (Å²) in [5.41, 5.74) is 1.87. The quantitative estimate of drug-likeness (QED) is 0.903. The Balaban J connectivity index is 2.50. The number of rotatable bonds is 5. The summed E-state index contributed by atoms with van der Waals surface area (Å²) in [4.78, 5) is 8.39. The number of halogens is 2. The van der Waals surface area contributed by atoms with Gasteiger partial charge in [0.2, 0.25) is 0 Å². The Kier molecular flexibility index (Phi) is 4.61. The van der Waals surface area contributed by atoms with E-state index in [1.54, 1.807) is 0 Å². The van der Waals surface area contributed by atoms with Crippen LogP contribution in [0.3, 0.4) is 0 Å². The zero-order valence-corrected chi connectivity index (χ0v) is 11.6. The molecule has 1 aromatic heterocycles. The molecule has 2 rings (SSSR count). The van der Waals surface area contributed by atoms with Crippen LogP contribution in [0.4, 0.5) is 14.6 Å². The molecule has 2 aromatic rings. The maximum absolute atomic E-state index is 13.4. The zero-order valence-electron chi connectivity index (χ0n) is 11.6. The zero-order chi connectivity index (χ0) is 14.5. The molecule has 0 atom stereocenters. The lowest BCUT2D eigenvalue weighted by Crippen LogP contribution is -2.07. The Bertz CT molecular complexity index is 579. The molecule has 0 aliphatic heterocycles. The molecule has 5 heteroatoms. The molecular weight excluding hydrogens is 260 g/mol. The van der Waals surface area contributed by atoms with Crippen LogP contribution >= 0.6 is 0 Å². The van der Waals surface area contributed by atoms with Gasteiger partial charge in [0.25, 0.3) is 0 Å². The predicted molar refractivity (Wildman–Crippen MR) is 75.5 cm³/mol. The molecule has 0 unspecified atom stereocenters. The molecule has 20 heavy (non-hydrogen) atoms. The second kappa shape index (κ2) is 6.41. The molecule has 1 heterocycles. The van der Waals surface area contributed by atoms with Gasteiger partial charge in [0.05, 0.1) is 5.69 Å². The number of anilines is 1. The number of aromatic nitrogens is 2. The van der Waals surface area contributed by atoms with Crippen LogP contribution in [0.1, 0.15) is 25.8 Å². The Morgan fingerprint density at radius 2 is 1.75 bits per heavy atom. The van der Waals surface area contributed by atoms with Gasteiger partial charge in [-0.15, -0.1) is 0 Å². The molecule has 0 radical (unpaired) electrons. The van der Waals surface area contributed by atoms with E-state index in [1.807, 2.05) is 6.92 Å². The van der Waals surface area contributed by atoms with E-state index < -0.39 is 11.6 Å². The fourth-order valence-electron chi connectivity index (χ4n) is 2.08. The van der Waals surface area contributed by atoms with Crippen LogP contribution in [0.15, 0.2) is 24.5 Å². The van der Waals surface area contributed by atoms with Crippen molar-refractivity contribution >= 4 is 5.82 Å². The third-order valence-corrected chi connectivity index (χ3v) is 2.98. The first-order valence-corrected chi connectivity index (χ1v) is 6.69. The number of nitrogens with one attached hydrogen (secondary N) is 1. The summed E-state index contributed by atoms with van der Waals surface area (Å²) in [5, 5.41) is 3.21. The van der Waals surface area contributed by atoms with Gasteiger partial charge in [0.1, 0.15) is 23.8 Å². The second-order valence-electron chi connectivity index (χ2n) is 4.49. The highest BCUT2D eigenvalue weighted by Crippen LogP contribution is 2.27. The van der Waals surface area contributed by atoms with Crippen molar-refractivity contribution in [2.45, 2.75) is 26.7 Å². The van der Waals surface area contributed by atoms with E-state index >= 15 is 0 Å². The van der Waals surface area contributed by atoms with Crippen molar-refractivity contribution in [3.8, 4) is 11.3 Å². The molecule has 0 saturated heterocycles. The van der Waals surface area contributed by atoms with Gasteiger partial charge in [-0.2, -0.15) is 0 Å². The maximum atomic E-state index is 13.4. The summed E-state index contributed by atoms with van der Waals surface area (Å²) in [6, 6.07) is 3.43. The van der Waals surface area contributed by atoms with E-state index in [1.165, 1.54) is 18.5 Å². The number of hydrogen-bond acceptors (Lipinski definition) is 3. The lowest BCUT2D eigenvalue weighted by molar-refractivity contribution is 0.584. The van der Waals surface area contributed by atoms with Crippen LogP contribution in [0.2, 0.25) is 0 Å². The molecule has 1 N–H and O–H groups in total. The number of nitrogens with zero attached hydrogens (tertiary/aromatic N) is 2. The van der Waals surface area contributed by atoms with E-state index in [4.69, 9.17) is 0 Å². The van der Waals surface area contributed by atoms with Crippen molar-refractivity contribution in [2.24, 2.45) is 0 Å². The molecule has 0 aliphatic carbocycles. The molecule has 3 nitrogen and oxygen atoms in total. The normalized spacial score (nSPS) is 10.6. The smallest absolute Gasteiger partial charge is 0.133 e. The largest absolute Gasteiger partial charge is 0.370 e. The fraction of sp³-hybridized carbons (Fsp3) is 0.333. The highest BCUT2D eigenvalue weighted by molar-refractivity contribution is 5.68. The van der Waals surface area contributed by atoms with Crippen LogP contribution in [-0.2, 0) is 6.42 Å². The van der Waals surface area contributed by atoms with Gasteiger partial charge in [0, 0.05) is 23.7 Å². The Morgan fingerprint density at radius 3 is 2.35 bits per heavy atom. The summed E-state index contributed by atoms with van der Waals surface area (Å²) >= 11 is 0. The van der Waals surface area contributed by atoms with Crippen molar-refractivity contribution in [3.05, 3.63) is 41.7 Å². The van der Waals surface area contributed by atoms with Crippen LogP contribution in [0, 0.1) is 11.6 Å². The monoisotopic (exact) mass is 277 g/mol. The van der Waals surface area contributed by atoms with Gasteiger partial charge in [-0.3, -0.25) is 0 Å². The van der Waals surface area contributed by atoms with E-state index in [-0.39, 0.29) is 0 Å². The van der Waals surface area contributed by atoms with Crippen molar-refractivity contribution in [1.82, 2.24) is 9.97 Å². The molecule has 0 fully saturated rings. The Labute approximate surface area is 117 Å². The van der Waals surface area contributed by atoms with E-state index in [0.717, 1.165) is 30.4 Å². The second-order valence-corrected chi connectivity index (χ2v) is 4.49. The van der Waals surface area contributed by atoms with Gasteiger partial charge >= 0.3 is 0 Å². The first-order chi connectivity index (χ1) is 9.65. The van der Waals surface area contributed by atoms with Gasteiger partial charge in [-0.1, -0.05) is 13.8 Å². The molecule has 0 amide bonds. The summed E-state index contributed by atoms with van der Waals surface area (Å²) in [6.45, 7) is 4.82. The molecule has 0 bridgehead atoms. The first-order valence-electron chi connectivity index (χ1n) is 6.69. The summed E-state index contributed by atoms with van der Waals surface area (Å²) in [6.07, 6.45) is 3.06. The topological polar surface area (TPSA) is 37.8 Å². The van der Waals surface area contributed by atoms with Crippen molar-refractivity contribution < 1.29 is 8.78 Å². The fourth-order valence-corrected chi connectivity index (χ4v) is 2.08. The molecule has 0 spiro atoms. The van der Waals surface area contributed by atoms with Gasteiger partial charge in [0.15, 0.2) is 0 Å².